The molecule has 0 aromatic heterocycles. The largest absolute Gasteiger partial charge is 0.373 e. The van der Waals surface area contributed by atoms with Crippen molar-refractivity contribution < 1.29 is 13.5 Å². The highest BCUT2D eigenvalue weighted by molar-refractivity contribution is 9.10. The highest BCUT2D eigenvalue weighted by Gasteiger charge is 2.37. The summed E-state index contributed by atoms with van der Waals surface area (Å²) in [6.07, 6.45) is 2.07. The van der Waals surface area contributed by atoms with Gasteiger partial charge >= 0.3 is 0 Å². The molecule has 1 N–H and O–H groups in total. The Morgan fingerprint density at radius 3 is 3.00 bits per heavy atom. The van der Waals surface area contributed by atoms with Crippen molar-refractivity contribution >= 4 is 15.9 Å². The Balaban J connectivity index is 1.87. The highest BCUT2D eigenvalue weighted by atomic mass is 79.9. The second-order valence-corrected chi connectivity index (χ2v) is 6.54. The Labute approximate surface area is 131 Å². The fourth-order valence-corrected chi connectivity index (χ4v) is 3.73. The Kier molecular flexibility index (Phi) is 4.59. The molecule has 0 saturated carbocycles. The minimum Gasteiger partial charge on any atom is -0.373 e. The molecule has 6 heteroatoms. The predicted octanol–water partition coefficient (Wildman–Crippen LogP) is 2.85. The number of likely N-dealkylation sites (N-methyl/N-ethyl adjacent to an activating group) is 1. The molecule has 2 aliphatic rings. The molecule has 0 bridgehead atoms. The topological polar surface area (TPSA) is 24.5 Å². The van der Waals surface area contributed by atoms with Crippen molar-refractivity contribution in [3.8, 4) is 0 Å². The van der Waals surface area contributed by atoms with Crippen LogP contribution in [0.1, 0.15) is 24.4 Å². The third kappa shape index (κ3) is 2.86. The van der Waals surface area contributed by atoms with Crippen molar-refractivity contribution in [2.45, 2.75) is 31.0 Å². The summed E-state index contributed by atoms with van der Waals surface area (Å²) in [5.41, 5.74) is 0.0505. The first kappa shape index (κ1) is 15.3. The SMILES string of the molecule is CNC(c1c(F)ccc(Br)c1F)C1CN2CCCC2CO1. The molecule has 3 unspecified atom stereocenters. The molecule has 1 aromatic carbocycles. The lowest BCUT2D eigenvalue weighted by Crippen LogP contribution is -2.50. The summed E-state index contributed by atoms with van der Waals surface area (Å²) in [5.74, 6) is -1.09. The standard InChI is InChI=1S/C15H19BrF2N2O/c1-19-15(13-11(17)5-4-10(16)14(13)18)12-7-20-6-2-3-9(20)8-21-12/h4-5,9,12,15,19H,2-3,6-8H2,1H3. The molecule has 0 amide bonds. The van der Waals surface area contributed by atoms with E-state index in [1.54, 1.807) is 7.05 Å². The van der Waals surface area contributed by atoms with Crippen LogP contribution in [0.2, 0.25) is 0 Å². The third-order valence-corrected chi connectivity index (χ3v) is 5.10. The van der Waals surface area contributed by atoms with E-state index < -0.39 is 17.7 Å². The summed E-state index contributed by atoms with van der Waals surface area (Å²) in [6.45, 7) is 2.39. The lowest BCUT2D eigenvalue weighted by molar-refractivity contribution is -0.0651. The normalized spacial score (nSPS) is 27.6. The second kappa shape index (κ2) is 6.28. The van der Waals surface area contributed by atoms with Crippen molar-refractivity contribution in [2.24, 2.45) is 0 Å². The molecule has 116 valence electrons. The van der Waals surface area contributed by atoms with Gasteiger partial charge in [-0.3, -0.25) is 4.90 Å². The van der Waals surface area contributed by atoms with E-state index in [0.717, 1.165) is 13.0 Å². The van der Waals surface area contributed by atoms with Crippen LogP contribution < -0.4 is 5.32 Å². The van der Waals surface area contributed by atoms with Gasteiger partial charge in [-0.1, -0.05) is 0 Å². The molecular formula is C15H19BrF2N2O. The molecule has 3 rings (SSSR count). The van der Waals surface area contributed by atoms with Gasteiger partial charge < -0.3 is 10.1 Å². The summed E-state index contributed by atoms with van der Waals surface area (Å²) >= 11 is 3.13. The van der Waals surface area contributed by atoms with Crippen LogP contribution in [0, 0.1) is 11.6 Å². The highest BCUT2D eigenvalue weighted by Crippen LogP contribution is 2.33. The van der Waals surface area contributed by atoms with Crippen LogP contribution in [0.25, 0.3) is 0 Å². The van der Waals surface area contributed by atoms with Gasteiger partial charge in [0.05, 0.1) is 23.2 Å². The first-order chi connectivity index (χ1) is 10.1. The Bertz CT molecular complexity index is 529. The van der Waals surface area contributed by atoms with Gasteiger partial charge in [-0.15, -0.1) is 0 Å². The van der Waals surface area contributed by atoms with Gasteiger partial charge in [-0.2, -0.15) is 0 Å². The van der Waals surface area contributed by atoms with Gasteiger partial charge in [-0.25, -0.2) is 8.78 Å². The van der Waals surface area contributed by atoms with Crippen LogP contribution in [-0.2, 0) is 4.74 Å². The minimum atomic E-state index is -0.554. The second-order valence-electron chi connectivity index (χ2n) is 5.69. The zero-order valence-corrected chi connectivity index (χ0v) is 13.5. The maximum atomic E-state index is 14.3. The monoisotopic (exact) mass is 360 g/mol. The molecule has 3 atom stereocenters. The van der Waals surface area contributed by atoms with Crippen molar-refractivity contribution in [3.63, 3.8) is 0 Å². The van der Waals surface area contributed by atoms with Gasteiger partial charge in [0.25, 0.3) is 0 Å². The summed E-state index contributed by atoms with van der Waals surface area (Å²) in [4.78, 5) is 2.37. The van der Waals surface area contributed by atoms with E-state index in [-0.39, 0.29) is 16.1 Å². The maximum Gasteiger partial charge on any atom is 0.145 e. The number of hydrogen-bond acceptors (Lipinski definition) is 3. The van der Waals surface area contributed by atoms with Crippen molar-refractivity contribution in [3.05, 3.63) is 33.8 Å². The number of hydrogen-bond donors (Lipinski definition) is 1. The number of benzene rings is 1. The fourth-order valence-electron chi connectivity index (χ4n) is 3.39. The van der Waals surface area contributed by atoms with Gasteiger partial charge in [0.15, 0.2) is 0 Å². The molecule has 0 radical (unpaired) electrons. The van der Waals surface area contributed by atoms with E-state index in [2.05, 4.69) is 26.1 Å². The zero-order chi connectivity index (χ0) is 15.0. The molecule has 3 nitrogen and oxygen atoms in total. The summed E-state index contributed by atoms with van der Waals surface area (Å²) in [7, 11) is 1.71. The van der Waals surface area contributed by atoms with Gasteiger partial charge in [0, 0.05) is 18.2 Å². The average molecular weight is 361 g/mol. The summed E-state index contributed by atoms with van der Waals surface area (Å²) in [5, 5.41) is 3.02. The predicted molar refractivity (Wildman–Crippen MR) is 80.2 cm³/mol. The molecule has 21 heavy (non-hydrogen) atoms. The maximum absolute atomic E-state index is 14.3. The Hall–Kier alpha value is -0.560. The van der Waals surface area contributed by atoms with E-state index in [0.29, 0.717) is 19.2 Å². The first-order valence-electron chi connectivity index (χ1n) is 7.28. The van der Waals surface area contributed by atoms with Crippen LogP contribution in [0.15, 0.2) is 16.6 Å². The van der Waals surface area contributed by atoms with E-state index in [4.69, 9.17) is 4.74 Å². The quantitative estimate of drug-likeness (QED) is 0.838. The number of fused-ring (bicyclic) bond motifs is 1. The van der Waals surface area contributed by atoms with Crippen LogP contribution in [0.4, 0.5) is 8.78 Å². The zero-order valence-electron chi connectivity index (χ0n) is 11.9. The number of halogens is 3. The molecule has 2 aliphatic heterocycles. The minimum absolute atomic E-state index is 0.0505. The number of rotatable bonds is 3. The molecule has 0 aliphatic carbocycles. The summed E-state index contributed by atoms with van der Waals surface area (Å²) in [6, 6.07) is 2.65. The van der Waals surface area contributed by atoms with Crippen molar-refractivity contribution in [1.29, 1.82) is 0 Å². The first-order valence-corrected chi connectivity index (χ1v) is 8.07. The summed E-state index contributed by atoms with van der Waals surface area (Å²) < 4.78 is 34.6. The molecule has 2 heterocycles. The molecule has 0 spiro atoms. The van der Waals surface area contributed by atoms with E-state index in [1.807, 2.05) is 0 Å². The van der Waals surface area contributed by atoms with Crippen molar-refractivity contribution in [1.82, 2.24) is 10.2 Å². The fraction of sp³-hybridized carbons (Fsp3) is 0.600. The Morgan fingerprint density at radius 2 is 2.24 bits per heavy atom. The lowest BCUT2D eigenvalue weighted by atomic mass is 9.98. The van der Waals surface area contributed by atoms with E-state index in [1.165, 1.54) is 18.6 Å². The molecule has 2 fully saturated rings. The van der Waals surface area contributed by atoms with Gasteiger partial charge in [0.2, 0.25) is 0 Å². The third-order valence-electron chi connectivity index (χ3n) is 4.49. The van der Waals surface area contributed by atoms with E-state index in [9.17, 15) is 8.78 Å². The lowest BCUT2D eigenvalue weighted by Gasteiger charge is -2.39. The Morgan fingerprint density at radius 1 is 1.43 bits per heavy atom. The smallest absolute Gasteiger partial charge is 0.145 e. The van der Waals surface area contributed by atoms with Crippen molar-refractivity contribution in [2.75, 3.05) is 26.7 Å². The van der Waals surface area contributed by atoms with Gasteiger partial charge in [-0.05, 0) is 54.5 Å². The van der Waals surface area contributed by atoms with Crippen LogP contribution >= 0.6 is 15.9 Å². The number of nitrogens with zero attached hydrogens (tertiary/aromatic N) is 1. The van der Waals surface area contributed by atoms with Crippen LogP contribution in [-0.4, -0.2) is 43.8 Å². The van der Waals surface area contributed by atoms with Gasteiger partial charge in [0.1, 0.15) is 11.6 Å². The number of ether oxygens (including phenoxy) is 1. The van der Waals surface area contributed by atoms with E-state index >= 15 is 0 Å². The molecular weight excluding hydrogens is 342 g/mol. The average Bonchev–Trinajstić information content (AvgIpc) is 2.95. The van der Waals surface area contributed by atoms with Crippen LogP contribution in [0.5, 0.6) is 0 Å². The number of morpholine rings is 1. The van der Waals surface area contributed by atoms with Crippen LogP contribution in [0.3, 0.4) is 0 Å². The number of nitrogens with one attached hydrogen (secondary N) is 1. The molecule has 2 saturated heterocycles. The molecule has 1 aromatic rings.